The molecule has 0 aliphatic carbocycles. The van der Waals surface area contributed by atoms with Crippen molar-refractivity contribution in [3.63, 3.8) is 0 Å². The minimum absolute atomic E-state index is 0.0223. The van der Waals surface area contributed by atoms with E-state index < -0.39 is 0 Å². The van der Waals surface area contributed by atoms with E-state index in [1.165, 1.54) is 0 Å². The third-order valence-corrected chi connectivity index (χ3v) is 4.56. The minimum Gasteiger partial charge on any atom is -0.497 e. The van der Waals surface area contributed by atoms with Gasteiger partial charge in [0.05, 0.1) is 14.2 Å². The van der Waals surface area contributed by atoms with Crippen LogP contribution in [-0.2, 0) is 9.59 Å². The van der Waals surface area contributed by atoms with Crippen molar-refractivity contribution in [3.05, 3.63) is 48.5 Å². The summed E-state index contributed by atoms with van der Waals surface area (Å²) in [5, 5.41) is 5.77. The molecular formula is C23H30N2O4. The van der Waals surface area contributed by atoms with Gasteiger partial charge in [-0.2, -0.15) is 0 Å². The lowest BCUT2D eigenvalue weighted by Gasteiger charge is -2.07. The second kappa shape index (κ2) is 12.4. The van der Waals surface area contributed by atoms with E-state index in [1.807, 2.05) is 48.5 Å². The summed E-state index contributed by atoms with van der Waals surface area (Å²) < 4.78 is 10.2. The number of amides is 2. The first kappa shape index (κ1) is 22.3. The van der Waals surface area contributed by atoms with Crippen LogP contribution in [0.15, 0.2) is 48.5 Å². The number of methoxy groups -OCH3 is 2. The number of benzene rings is 2. The summed E-state index contributed by atoms with van der Waals surface area (Å²) in [5.74, 6) is 1.57. The molecule has 0 aromatic heterocycles. The number of ether oxygens (including phenoxy) is 2. The summed E-state index contributed by atoms with van der Waals surface area (Å²) in [6, 6.07) is 14.6. The van der Waals surface area contributed by atoms with E-state index in [0.29, 0.717) is 12.8 Å². The molecule has 0 radical (unpaired) electrons. The van der Waals surface area contributed by atoms with Gasteiger partial charge in [-0.05, 0) is 61.4 Å². The number of nitrogens with one attached hydrogen (secondary N) is 2. The Balaban J connectivity index is 1.50. The van der Waals surface area contributed by atoms with E-state index in [9.17, 15) is 9.59 Å². The van der Waals surface area contributed by atoms with Gasteiger partial charge in [0.2, 0.25) is 11.8 Å². The first-order valence-electron chi connectivity index (χ1n) is 9.98. The Kier molecular flexibility index (Phi) is 9.55. The topological polar surface area (TPSA) is 76.7 Å². The van der Waals surface area contributed by atoms with E-state index in [2.05, 4.69) is 10.6 Å². The molecule has 0 aliphatic rings. The Morgan fingerprint density at radius 2 is 0.966 bits per heavy atom. The van der Waals surface area contributed by atoms with Gasteiger partial charge in [-0.3, -0.25) is 9.59 Å². The SMILES string of the molecule is COc1ccc(NC(=O)CCCCCCCC(=O)Nc2ccc(OC)cc2)cc1. The summed E-state index contributed by atoms with van der Waals surface area (Å²) in [6.07, 6.45) is 5.69. The lowest BCUT2D eigenvalue weighted by molar-refractivity contribution is -0.117. The molecular weight excluding hydrogens is 368 g/mol. The Morgan fingerprint density at radius 1 is 0.621 bits per heavy atom. The number of rotatable bonds is 12. The molecule has 0 saturated carbocycles. The van der Waals surface area contributed by atoms with Crippen LogP contribution in [-0.4, -0.2) is 26.0 Å². The standard InChI is InChI=1S/C23H30N2O4/c1-28-20-14-10-18(11-15-20)24-22(26)8-6-4-3-5-7-9-23(27)25-19-12-16-21(29-2)17-13-19/h10-17H,3-9H2,1-2H3,(H,24,26)(H,25,27). The molecule has 2 N–H and O–H groups in total. The zero-order chi connectivity index (χ0) is 20.9. The number of unbranched alkanes of at least 4 members (excludes halogenated alkanes) is 4. The number of carbonyl (C=O) groups is 2. The molecule has 29 heavy (non-hydrogen) atoms. The highest BCUT2D eigenvalue weighted by molar-refractivity contribution is 5.91. The van der Waals surface area contributed by atoms with Gasteiger partial charge in [-0.25, -0.2) is 0 Å². The molecule has 6 nitrogen and oxygen atoms in total. The lowest BCUT2D eigenvalue weighted by Crippen LogP contribution is -2.11. The molecule has 0 aliphatic heterocycles. The molecule has 0 unspecified atom stereocenters. The fourth-order valence-corrected chi connectivity index (χ4v) is 2.90. The van der Waals surface area contributed by atoms with Gasteiger partial charge in [0.1, 0.15) is 11.5 Å². The van der Waals surface area contributed by atoms with Crippen LogP contribution in [0.5, 0.6) is 11.5 Å². The maximum absolute atomic E-state index is 12.0. The third-order valence-electron chi connectivity index (χ3n) is 4.56. The maximum atomic E-state index is 12.0. The quantitative estimate of drug-likeness (QED) is 0.493. The Labute approximate surface area is 172 Å². The molecule has 6 heteroatoms. The van der Waals surface area contributed by atoms with Gasteiger partial charge in [-0.1, -0.05) is 19.3 Å². The van der Waals surface area contributed by atoms with Gasteiger partial charge in [0.15, 0.2) is 0 Å². The second-order valence-electron chi connectivity index (χ2n) is 6.82. The van der Waals surface area contributed by atoms with Gasteiger partial charge >= 0.3 is 0 Å². The first-order chi connectivity index (χ1) is 14.1. The van der Waals surface area contributed by atoms with Crippen LogP contribution in [0.2, 0.25) is 0 Å². The van der Waals surface area contributed by atoms with Gasteiger partial charge < -0.3 is 20.1 Å². The van der Waals surface area contributed by atoms with Crippen molar-refractivity contribution >= 4 is 23.2 Å². The molecule has 0 fully saturated rings. The van der Waals surface area contributed by atoms with E-state index in [1.54, 1.807) is 14.2 Å². The highest BCUT2D eigenvalue weighted by Gasteiger charge is 2.04. The fourth-order valence-electron chi connectivity index (χ4n) is 2.90. The Morgan fingerprint density at radius 3 is 1.31 bits per heavy atom. The molecule has 2 rings (SSSR count). The van der Waals surface area contributed by atoms with E-state index >= 15 is 0 Å². The molecule has 0 spiro atoms. The molecule has 2 amide bonds. The highest BCUT2D eigenvalue weighted by atomic mass is 16.5. The van der Waals surface area contributed by atoms with Gasteiger partial charge in [0, 0.05) is 24.2 Å². The van der Waals surface area contributed by atoms with E-state index in [0.717, 1.165) is 55.0 Å². The van der Waals surface area contributed by atoms with Crippen molar-refractivity contribution < 1.29 is 19.1 Å². The van der Waals surface area contributed by atoms with Gasteiger partial charge in [-0.15, -0.1) is 0 Å². The smallest absolute Gasteiger partial charge is 0.224 e. The average molecular weight is 399 g/mol. The minimum atomic E-state index is 0.0223. The number of carbonyl (C=O) groups excluding carboxylic acids is 2. The van der Waals surface area contributed by atoms with Crippen LogP contribution in [0.1, 0.15) is 44.9 Å². The van der Waals surface area contributed by atoms with Crippen molar-refractivity contribution in [2.24, 2.45) is 0 Å². The van der Waals surface area contributed by atoms with Crippen LogP contribution in [0.4, 0.5) is 11.4 Å². The summed E-state index contributed by atoms with van der Waals surface area (Å²) in [4.78, 5) is 23.9. The molecule has 0 atom stereocenters. The monoisotopic (exact) mass is 398 g/mol. The number of anilines is 2. The normalized spacial score (nSPS) is 10.3. The van der Waals surface area contributed by atoms with Crippen molar-refractivity contribution in [1.29, 1.82) is 0 Å². The summed E-state index contributed by atoms with van der Waals surface area (Å²) in [7, 11) is 3.22. The summed E-state index contributed by atoms with van der Waals surface area (Å²) >= 11 is 0. The summed E-state index contributed by atoms with van der Waals surface area (Å²) in [5.41, 5.74) is 1.55. The highest BCUT2D eigenvalue weighted by Crippen LogP contribution is 2.17. The van der Waals surface area contributed by atoms with Crippen LogP contribution < -0.4 is 20.1 Å². The van der Waals surface area contributed by atoms with Crippen molar-refractivity contribution in [1.82, 2.24) is 0 Å². The lowest BCUT2D eigenvalue weighted by atomic mass is 10.1. The number of hydrogen-bond donors (Lipinski definition) is 2. The van der Waals surface area contributed by atoms with Crippen molar-refractivity contribution in [2.75, 3.05) is 24.9 Å². The average Bonchev–Trinajstić information content (AvgIpc) is 2.74. The molecule has 0 heterocycles. The molecule has 2 aromatic rings. The predicted octanol–water partition coefficient (Wildman–Crippen LogP) is 5.01. The zero-order valence-corrected chi connectivity index (χ0v) is 17.2. The number of hydrogen-bond acceptors (Lipinski definition) is 4. The zero-order valence-electron chi connectivity index (χ0n) is 17.2. The largest absolute Gasteiger partial charge is 0.497 e. The Bertz CT molecular complexity index is 692. The summed E-state index contributed by atoms with van der Waals surface area (Å²) in [6.45, 7) is 0. The van der Waals surface area contributed by atoms with Crippen molar-refractivity contribution in [2.45, 2.75) is 44.9 Å². The molecule has 0 bridgehead atoms. The first-order valence-corrected chi connectivity index (χ1v) is 9.98. The maximum Gasteiger partial charge on any atom is 0.224 e. The van der Waals surface area contributed by atoms with Crippen LogP contribution in [0, 0.1) is 0 Å². The Hall–Kier alpha value is -3.02. The van der Waals surface area contributed by atoms with Gasteiger partial charge in [0.25, 0.3) is 0 Å². The molecule has 0 saturated heterocycles. The van der Waals surface area contributed by atoms with E-state index in [-0.39, 0.29) is 11.8 Å². The van der Waals surface area contributed by atoms with Crippen LogP contribution in [0.3, 0.4) is 0 Å². The van der Waals surface area contributed by atoms with Crippen LogP contribution >= 0.6 is 0 Å². The third kappa shape index (κ3) is 8.68. The van der Waals surface area contributed by atoms with Crippen molar-refractivity contribution in [3.8, 4) is 11.5 Å². The molecule has 156 valence electrons. The fraction of sp³-hybridized carbons (Fsp3) is 0.391. The molecule has 2 aromatic carbocycles. The predicted molar refractivity (Wildman–Crippen MR) is 116 cm³/mol. The second-order valence-corrected chi connectivity index (χ2v) is 6.82. The van der Waals surface area contributed by atoms with E-state index in [4.69, 9.17) is 9.47 Å². The van der Waals surface area contributed by atoms with Crippen LogP contribution in [0.25, 0.3) is 0 Å².